The van der Waals surface area contributed by atoms with Crippen LogP contribution in [-0.4, -0.2) is 67.5 Å². The normalized spacial score (nSPS) is 15.5. The molecule has 1 saturated heterocycles. The summed E-state index contributed by atoms with van der Waals surface area (Å²) in [4.78, 5) is 21.3. The van der Waals surface area contributed by atoms with E-state index < -0.39 is 0 Å². The van der Waals surface area contributed by atoms with Crippen LogP contribution in [0.4, 0.5) is 0 Å². The molecule has 1 aromatic carbocycles. The largest absolute Gasteiger partial charge is 0.467 e. The molecule has 1 amide bonds. The smallest absolute Gasteiger partial charge is 0.242 e. The molecule has 0 atom stereocenters. The lowest BCUT2D eigenvalue weighted by molar-refractivity contribution is -0.119. The lowest BCUT2D eigenvalue weighted by Crippen LogP contribution is -2.52. The predicted octanol–water partition coefficient (Wildman–Crippen LogP) is 2.19. The molecule has 0 spiro atoms. The molecule has 1 aromatic heterocycles. The van der Waals surface area contributed by atoms with Crippen molar-refractivity contribution in [2.45, 2.75) is 13.5 Å². The Morgan fingerprint density at radius 1 is 1.10 bits per heavy atom. The Balaban J connectivity index is 1.43. The third kappa shape index (κ3) is 7.08. The fraction of sp³-hybridized carbons (Fsp3) is 0.391. The number of hydrogen-bond acceptors (Lipinski definition) is 4. The summed E-state index contributed by atoms with van der Waals surface area (Å²) in [5, 5.41) is 6.13. The van der Waals surface area contributed by atoms with Gasteiger partial charge in [-0.1, -0.05) is 42.5 Å². The highest BCUT2D eigenvalue weighted by atomic mass is 16.3. The van der Waals surface area contributed by atoms with Crippen molar-refractivity contribution in [1.29, 1.82) is 0 Å². The van der Waals surface area contributed by atoms with Crippen LogP contribution in [0.15, 0.2) is 64.2 Å². The molecule has 30 heavy (non-hydrogen) atoms. The first-order valence-electron chi connectivity index (χ1n) is 10.5. The van der Waals surface area contributed by atoms with E-state index in [2.05, 4.69) is 61.8 Å². The highest BCUT2D eigenvalue weighted by Crippen LogP contribution is 2.05. The number of piperazine rings is 1. The van der Waals surface area contributed by atoms with Gasteiger partial charge >= 0.3 is 0 Å². The molecule has 2 aromatic rings. The van der Waals surface area contributed by atoms with Crippen LogP contribution in [0, 0.1) is 0 Å². The Hall–Kier alpha value is -3.06. The van der Waals surface area contributed by atoms with Gasteiger partial charge in [0.15, 0.2) is 5.96 Å². The van der Waals surface area contributed by atoms with Gasteiger partial charge in [0.05, 0.1) is 12.8 Å². The van der Waals surface area contributed by atoms with Crippen LogP contribution in [0.2, 0.25) is 0 Å². The number of nitrogens with one attached hydrogen (secondary N) is 2. The van der Waals surface area contributed by atoms with Crippen molar-refractivity contribution in [3.8, 4) is 0 Å². The van der Waals surface area contributed by atoms with Crippen molar-refractivity contribution < 1.29 is 9.21 Å². The standard InChI is InChI=1S/C23H31N5O2/c1-2-24-23(26-19-22(29)25-18-21-11-7-17-30-21)28-15-13-27(14-16-28)12-6-10-20-8-4-3-5-9-20/h3-11,17H,2,12-16,18-19H2,1H3,(H,24,26)(H,25,29)/b10-6+. The van der Waals surface area contributed by atoms with Crippen LogP contribution in [-0.2, 0) is 11.3 Å². The molecule has 0 unspecified atom stereocenters. The van der Waals surface area contributed by atoms with Crippen LogP contribution in [0.5, 0.6) is 0 Å². The van der Waals surface area contributed by atoms with Gasteiger partial charge in [0.25, 0.3) is 0 Å². The van der Waals surface area contributed by atoms with E-state index in [4.69, 9.17) is 4.42 Å². The van der Waals surface area contributed by atoms with Gasteiger partial charge in [0, 0.05) is 39.3 Å². The van der Waals surface area contributed by atoms with Crippen molar-refractivity contribution in [3.63, 3.8) is 0 Å². The molecular weight excluding hydrogens is 378 g/mol. The van der Waals surface area contributed by atoms with E-state index in [1.807, 2.05) is 19.1 Å². The van der Waals surface area contributed by atoms with E-state index >= 15 is 0 Å². The average Bonchev–Trinajstić information content (AvgIpc) is 3.30. The molecule has 1 aliphatic rings. The number of amides is 1. The molecule has 0 aliphatic carbocycles. The van der Waals surface area contributed by atoms with Gasteiger partial charge in [-0.3, -0.25) is 9.69 Å². The first kappa shape index (κ1) is 21.6. The summed E-state index contributed by atoms with van der Waals surface area (Å²) >= 11 is 0. The Morgan fingerprint density at radius 3 is 2.60 bits per heavy atom. The minimum Gasteiger partial charge on any atom is -0.467 e. The van der Waals surface area contributed by atoms with Crippen LogP contribution in [0.1, 0.15) is 18.2 Å². The third-order valence-corrected chi connectivity index (χ3v) is 4.89. The number of carbonyl (C=O) groups is 1. The molecule has 0 saturated carbocycles. The van der Waals surface area contributed by atoms with Gasteiger partial charge in [0.1, 0.15) is 12.3 Å². The third-order valence-electron chi connectivity index (χ3n) is 4.89. The first-order chi connectivity index (χ1) is 14.7. The van der Waals surface area contributed by atoms with Gasteiger partial charge < -0.3 is 20.0 Å². The maximum atomic E-state index is 12.1. The van der Waals surface area contributed by atoms with Crippen molar-refractivity contribution in [1.82, 2.24) is 20.4 Å². The number of carbonyl (C=O) groups excluding carboxylic acids is 1. The SMILES string of the molecule is CCNC(=NCC(=O)NCc1ccco1)N1CCN(C/C=C/c2ccccc2)CC1. The van der Waals surface area contributed by atoms with Crippen LogP contribution >= 0.6 is 0 Å². The maximum Gasteiger partial charge on any atom is 0.242 e. The zero-order valence-electron chi connectivity index (χ0n) is 17.6. The van der Waals surface area contributed by atoms with E-state index in [9.17, 15) is 4.79 Å². The summed E-state index contributed by atoms with van der Waals surface area (Å²) in [5.41, 5.74) is 1.23. The number of nitrogens with zero attached hydrogens (tertiary/aromatic N) is 3. The molecule has 1 aliphatic heterocycles. The summed E-state index contributed by atoms with van der Waals surface area (Å²) in [7, 11) is 0. The first-order valence-corrected chi connectivity index (χ1v) is 10.5. The maximum absolute atomic E-state index is 12.1. The second-order valence-electron chi connectivity index (χ2n) is 7.13. The summed E-state index contributed by atoms with van der Waals surface area (Å²) in [6, 6.07) is 14.0. The zero-order chi connectivity index (χ0) is 21.0. The minimum atomic E-state index is -0.119. The van der Waals surface area contributed by atoms with Crippen molar-refractivity contribution in [2.24, 2.45) is 4.99 Å². The molecule has 0 bridgehead atoms. The molecule has 160 valence electrons. The molecule has 2 N–H and O–H groups in total. The molecule has 7 heteroatoms. The van der Waals surface area contributed by atoms with Gasteiger partial charge in [0.2, 0.25) is 5.91 Å². The fourth-order valence-corrected chi connectivity index (χ4v) is 3.27. The number of benzene rings is 1. The Labute approximate surface area is 178 Å². The topological polar surface area (TPSA) is 73.1 Å². The molecule has 3 rings (SSSR count). The number of aliphatic imine (C=N–C) groups is 1. The molecule has 1 fully saturated rings. The second kappa shape index (κ2) is 11.8. The molecule has 7 nitrogen and oxygen atoms in total. The number of hydrogen-bond donors (Lipinski definition) is 2. The molecular formula is C23H31N5O2. The van der Waals surface area contributed by atoms with Gasteiger partial charge in [-0.05, 0) is 24.6 Å². The van der Waals surface area contributed by atoms with Gasteiger partial charge in [-0.25, -0.2) is 4.99 Å². The highest BCUT2D eigenvalue weighted by molar-refractivity contribution is 5.85. The summed E-state index contributed by atoms with van der Waals surface area (Å²) < 4.78 is 5.23. The Bertz CT molecular complexity index is 809. The number of furan rings is 1. The van der Waals surface area contributed by atoms with E-state index in [1.165, 1.54) is 5.56 Å². The van der Waals surface area contributed by atoms with E-state index in [1.54, 1.807) is 12.3 Å². The number of guanidine groups is 1. The zero-order valence-corrected chi connectivity index (χ0v) is 17.6. The van der Waals surface area contributed by atoms with Crippen molar-refractivity contribution >= 4 is 17.9 Å². The second-order valence-corrected chi connectivity index (χ2v) is 7.13. The Kier molecular flexibility index (Phi) is 8.53. The van der Waals surface area contributed by atoms with E-state index in [0.717, 1.165) is 51.0 Å². The van der Waals surface area contributed by atoms with Crippen LogP contribution in [0.3, 0.4) is 0 Å². The monoisotopic (exact) mass is 409 g/mol. The minimum absolute atomic E-state index is 0.100. The number of rotatable bonds is 8. The van der Waals surface area contributed by atoms with Crippen molar-refractivity contribution in [3.05, 3.63) is 66.1 Å². The van der Waals surface area contributed by atoms with E-state index in [0.29, 0.717) is 6.54 Å². The summed E-state index contributed by atoms with van der Waals surface area (Å²) in [6.07, 6.45) is 5.98. The quantitative estimate of drug-likeness (QED) is 0.517. The van der Waals surface area contributed by atoms with Crippen molar-refractivity contribution in [2.75, 3.05) is 45.8 Å². The average molecular weight is 410 g/mol. The summed E-state index contributed by atoms with van der Waals surface area (Å²) in [6.45, 7) is 7.94. The van der Waals surface area contributed by atoms with Crippen LogP contribution in [0.25, 0.3) is 6.08 Å². The van der Waals surface area contributed by atoms with Gasteiger partial charge in [-0.2, -0.15) is 0 Å². The predicted molar refractivity (Wildman–Crippen MR) is 120 cm³/mol. The van der Waals surface area contributed by atoms with Crippen LogP contribution < -0.4 is 10.6 Å². The van der Waals surface area contributed by atoms with Gasteiger partial charge in [-0.15, -0.1) is 0 Å². The molecule has 2 heterocycles. The highest BCUT2D eigenvalue weighted by Gasteiger charge is 2.19. The summed E-state index contributed by atoms with van der Waals surface area (Å²) in [5.74, 6) is 1.41. The lowest BCUT2D eigenvalue weighted by Gasteiger charge is -2.36. The van der Waals surface area contributed by atoms with E-state index in [-0.39, 0.29) is 12.5 Å². The fourth-order valence-electron chi connectivity index (χ4n) is 3.27. The molecule has 0 radical (unpaired) electrons. The Morgan fingerprint density at radius 2 is 1.90 bits per heavy atom. The lowest BCUT2D eigenvalue weighted by atomic mass is 10.2.